The molecule has 1 atom stereocenters. The van der Waals surface area contributed by atoms with E-state index in [0.717, 1.165) is 0 Å². The Morgan fingerprint density at radius 1 is 1.12 bits per heavy atom. The summed E-state index contributed by atoms with van der Waals surface area (Å²) in [5.74, 6) is -0.801. The van der Waals surface area contributed by atoms with E-state index in [-0.39, 0.29) is 25.4 Å². The molecule has 0 aliphatic rings. The van der Waals surface area contributed by atoms with E-state index in [4.69, 9.17) is 21.4 Å². The number of carboxylic acid groups (broad SMARTS) is 1. The largest absolute Gasteiger partial charge is 0.484 e. The molecule has 0 radical (unpaired) electrons. The van der Waals surface area contributed by atoms with Gasteiger partial charge in [0.15, 0.2) is 6.61 Å². The summed E-state index contributed by atoms with van der Waals surface area (Å²) in [6, 6.07) is 12.4. The topological polar surface area (TPSA) is 105 Å². The average Bonchev–Trinajstić information content (AvgIpc) is 2.63. The number of anilines is 1. The van der Waals surface area contributed by atoms with Crippen LogP contribution in [0, 0.1) is 4.91 Å². The van der Waals surface area contributed by atoms with Crippen LogP contribution in [0.1, 0.15) is 24.4 Å². The van der Waals surface area contributed by atoms with Gasteiger partial charge in [-0.2, -0.15) is 4.91 Å². The van der Waals surface area contributed by atoms with Gasteiger partial charge in [0.1, 0.15) is 11.8 Å². The molecule has 2 aromatic carbocycles. The molecule has 2 N–H and O–H groups in total. The van der Waals surface area contributed by atoms with Gasteiger partial charge in [0.2, 0.25) is 0 Å². The molecule has 0 bridgehead atoms. The predicted octanol–water partition coefficient (Wildman–Crippen LogP) is 4.03. The van der Waals surface area contributed by atoms with Crippen LogP contribution >= 0.6 is 11.6 Å². The molecule has 7 nitrogen and oxygen atoms in total. The molecule has 8 heteroatoms. The number of hydrogen-bond acceptors (Lipinski definition) is 5. The number of nitroso groups, excluding NO2 is 1. The molecule has 1 amide bonds. The summed E-state index contributed by atoms with van der Waals surface area (Å²) in [5, 5.41) is 14.9. The van der Waals surface area contributed by atoms with Crippen LogP contribution in [0.15, 0.2) is 53.7 Å². The monoisotopic (exact) mass is 376 g/mol. The van der Waals surface area contributed by atoms with Crippen LogP contribution in [0.3, 0.4) is 0 Å². The van der Waals surface area contributed by atoms with Crippen LogP contribution in [0.2, 0.25) is 5.02 Å². The quantitative estimate of drug-likeness (QED) is 0.643. The highest BCUT2D eigenvalue weighted by Crippen LogP contribution is 2.24. The van der Waals surface area contributed by atoms with Crippen molar-refractivity contribution in [1.82, 2.24) is 0 Å². The molecule has 1 unspecified atom stereocenters. The number of carbonyl (C=O) groups is 2. The fourth-order valence-corrected chi connectivity index (χ4v) is 2.33. The number of carboxylic acids is 1. The highest BCUT2D eigenvalue weighted by Gasteiger charge is 2.14. The number of hydrogen-bond donors (Lipinski definition) is 2. The van der Waals surface area contributed by atoms with Gasteiger partial charge in [-0.05, 0) is 48.4 Å². The minimum Gasteiger partial charge on any atom is -0.484 e. The first kappa shape index (κ1) is 19.4. The highest BCUT2D eigenvalue weighted by atomic mass is 35.5. The van der Waals surface area contributed by atoms with Gasteiger partial charge < -0.3 is 15.2 Å². The Bertz CT molecular complexity index is 762. The van der Waals surface area contributed by atoms with E-state index >= 15 is 0 Å². The van der Waals surface area contributed by atoms with Crippen molar-refractivity contribution in [2.45, 2.75) is 18.9 Å². The van der Waals surface area contributed by atoms with E-state index in [1.165, 1.54) is 0 Å². The van der Waals surface area contributed by atoms with E-state index in [9.17, 15) is 14.5 Å². The third-order valence-corrected chi connectivity index (χ3v) is 3.77. The van der Waals surface area contributed by atoms with Crippen molar-refractivity contribution in [3.63, 3.8) is 0 Å². The third-order valence-electron chi connectivity index (χ3n) is 3.52. The lowest BCUT2D eigenvalue weighted by atomic mass is 10.0. The maximum Gasteiger partial charge on any atom is 0.303 e. The molecule has 2 aromatic rings. The fourth-order valence-electron chi connectivity index (χ4n) is 2.21. The Balaban J connectivity index is 1.87. The summed E-state index contributed by atoms with van der Waals surface area (Å²) < 4.78 is 5.35. The summed E-state index contributed by atoms with van der Waals surface area (Å²) in [4.78, 5) is 33.4. The summed E-state index contributed by atoms with van der Waals surface area (Å²) >= 11 is 5.77. The standard InChI is InChI=1S/C18H17ClN2O5/c19-13-3-7-15(8-4-13)26-11-17(22)20-14-5-1-12(2-6-14)16(21-25)9-10-18(23)24/h1-8,16H,9-11H2,(H,20,22)(H,23,24). The number of halogens is 1. The van der Waals surface area contributed by atoms with E-state index < -0.39 is 12.0 Å². The van der Waals surface area contributed by atoms with E-state index in [1.807, 2.05) is 0 Å². The van der Waals surface area contributed by atoms with Crippen molar-refractivity contribution >= 4 is 29.2 Å². The molecule has 2 rings (SSSR count). The predicted molar refractivity (Wildman–Crippen MR) is 97.4 cm³/mol. The fraction of sp³-hybridized carbons (Fsp3) is 0.222. The van der Waals surface area contributed by atoms with Gasteiger partial charge in [-0.15, -0.1) is 0 Å². The number of carbonyl (C=O) groups excluding carboxylic acids is 1. The van der Waals surface area contributed by atoms with Crippen molar-refractivity contribution < 1.29 is 19.4 Å². The van der Waals surface area contributed by atoms with Gasteiger partial charge >= 0.3 is 5.97 Å². The molecular weight excluding hydrogens is 360 g/mol. The first-order valence-electron chi connectivity index (χ1n) is 7.80. The number of benzene rings is 2. The number of nitrogens with one attached hydrogen (secondary N) is 1. The van der Waals surface area contributed by atoms with Crippen LogP contribution in [0.4, 0.5) is 5.69 Å². The van der Waals surface area contributed by atoms with Crippen LogP contribution in [-0.4, -0.2) is 23.6 Å². The molecule has 0 spiro atoms. The van der Waals surface area contributed by atoms with Crippen LogP contribution in [0.25, 0.3) is 0 Å². The molecule has 26 heavy (non-hydrogen) atoms. The second-order valence-electron chi connectivity index (χ2n) is 5.47. The molecular formula is C18H17ClN2O5. The second-order valence-corrected chi connectivity index (χ2v) is 5.90. The minimum absolute atomic E-state index is 0.124. The van der Waals surface area contributed by atoms with Gasteiger partial charge in [-0.25, -0.2) is 0 Å². The van der Waals surface area contributed by atoms with Gasteiger partial charge in [0, 0.05) is 17.1 Å². The highest BCUT2D eigenvalue weighted by molar-refractivity contribution is 6.30. The summed E-state index contributed by atoms with van der Waals surface area (Å²) in [6.07, 6.45) is -0.0175. The lowest BCUT2D eigenvalue weighted by molar-refractivity contribution is -0.137. The van der Waals surface area contributed by atoms with Gasteiger partial charge in [0.25, 0.3) is 5.91 Å². The number of amides is 1. The number of nitrogens with zero attached hydrogens (tertiary/aromatic N) is 1. The molecule has 136 valence electrons. The zero-order valence-corrected chi connectivity index (χ0v) is 14.5. The van der Waals surface area contributed by atoms with Crippen molar-refractivity contribution in [3.05, 3.63) is 64.0 Å². The molecule has 0 aromatic heterocycles. The molecule has 0 heterocycles. The smallest absolute Gasteiger partial charge is 0.303 e. The van der Waals surface area contributed by atoms with E-state index in [0.29, 0.717) is 22.0 Å². The Morgan fingerprint density at radius 2 is 1.77 bits per heavy atom. The zero-order valence-electron chi connectivity index (χ0n) is 13.7. The van der Waals surface area contributed by atoms with Crippen molar-refractivity contribution in [2.24, 2.45) is 5.18 Å². The summed E-state index contributed by atoms with van der Waals surface area (Å²) in [5.41, 5.74) is 1.12. The van der Waals surface area contributed by atoms with Gasteiger partial charge in [-0.1, -0.05) is 28.9 Å². The molecule has 0 saturated carbocycles. The first-order chi connectivity index (χ1) is 12.5. The average molecular weight is 377 g/mol. The molecule has 0 aliphatic heterocycles. The lowest BCUT2D eigenvalue weighted by Crippen LogP contribution is -2.20. The third kappa shape index (κ3) is 6.18. The lowest BCUT2D eigenvalue weighted by Gasteiger charge is -2.10. The minimum atomic E-state index is -0.983. The second kappa shape index (κ2) is 9.53. The van der Waals surface area contributed by atoms with Crippen molar-refractivity contribution in [2.75, 3.05) is 11.9 Å². The zero-order chi connectivity index (χ0) is 18.9. The Labute approximate surface area is 154 Å². The van der Waals surface area contributed by atoms with Gasteiger partial charge in [0.05, 0.1) is 0 Å². The maximum atomic E-state index is 11.9. The van der Waals surface area contributed by atoms with Gasteiger partial charge in [-0.3, -0.25) is 9.59 Å². The molecule has 0 fully saturated rings. The van der Waals surface area contributed by atoms with Crippen molar-refractivity contribution in [1.29, 1.82) is 0 Å². The van der Waals surface area contributed by atoms with Crippen LogP contribution < -0.4 is 10.1 Å². The Hall–Kier alpha value is -2.93. The summed E-state index contributed by atoms with van der Waals surface area (Å²) in [7, 11) is 0. The SMILES string of the molecule is O=NC(CCC(=O)O)c1ccc(NC(=O)COc2ccc(Cl)cc2)cc1. The first-order valence-corrected chi connectivity index (χ1v) is 8.18. The van der Waals surface area contributed by atoms with Crippen LogP contribution in [-0.2, 0) is 9.59 Å². The maximum absolute atomic E-state index is 11.9. The van der Waals surface area contributed by atoms with E-state index in [1.54, 1.807) is 48.5 Å². The molecule has 0 saturated heterocycles. The Morgan fingerprint density at radius 3 is 2.35 bits per heavy atom. The Kier molecular flexibility index (Phi) is 7.11. The molecule has 0 aliphatic carbocycles. The van der Waals surface area contributed by atoms with Crippen molar-refractivity contribution in [3.8, 4) is 5.75 Å². The van der Waals surface area contributed by atoms with Crippen LogP contribution in [0.5, 0.6) is 5.75 Å². The number of rotatable bonds is 9. The summed E-state index contributed by atoms with van der Waals surface area (Å²) in [6.45, 7) is -0.166. The van der Waals surface area contributed by atoms with E-state index in [2.05, 4.69) is 10.5 Å². The number of ether oxygens (including phenoxy) is 1. The normalized spacial score (nSPS) is 11.4. The number of aliphatic carboxylic acids is 1.